The van der Waals surface area contributed by atoms with E-state index in [1.807, 2.05) is 24.3 Å². The van der Waals surface area contributed by atoms with Gasteiger partial charge in [-0.25, -0.2) is 0 Å². The molecule has 66 valence electrons. The molecule has 1 N–H and O–H groups in total. The highest BCUT2D eigenvalue weighted by atomic mass is 16.5. The number of fused-ring (bicyclic) bond motifs is 3. The maximum atomic E-state index is 10.7. The molecule has 0 spiro atoms. The number of hydrogen-bond acceptors (Lipinski definition) is 2. The molecule has 1 aromatic rings. The van der Waals surface area contributed by atoms with Gasteiger partial charge >= 0.3 is 5.97 Å². The third-order valence-electron chi connectivity index (χ3n) is 2.78. The lowest BCUT2D eigenvalue weighted by Gasteiger charge is -2.04. The lowest BCUT2D eigenvalue weighted by molar-refractivity contribution is -0.139. The second kappa shape index (κ2) is 2.05. The Morgan fingerprint density at radius 2 is 2.15 bits per heavy atom. The van der Waals surface area contributed by atoms with Gasteiger partial charge in [-0.15, -0.1) is 0 Å². The number of carboxylic acids is 1. The molecule has 1 aliphatic heterocycles. The van der Waals surface area contributed by atoms with Gasteiger partial charge in [0.25, 0.3) is 0 Å². The first-order chi connectivity index (χ1) is 6.29. The zero-order chi connectivity index (χ0) is 9.00. The quantitative estimate of drug-likeness (QED) is 0.700. The fourth-order valence-corrected chi connectivity index (χ4v) is 2.10. The number of aliphatic carboxylic acids is 1. The number of benzene rings is 1. The molecule has 0 radical (unpaired) electrons. The van der Waals surface area contributed by atoms with Crippen molar-refractivity contribution in [3.63, 3.8) is 0 Å². The average Bonchev–Trinajstić information content (AvgIpc) is 2.71. The van der Waals surface area contributed by atoms with E-state index in [-0.39, 0.29) is 17.9 Å². The van der Waals surface area contributed by atoms with Crippen LogP contribution < -0.4 is 4.74 Å². The summed E-state index contributed by atoms with van der Waals surface area (Å²) >= 11 is 0. The third kappa shape index (κ3) is 0.763. The molecule has 3 nitrogen and oxygen atoms in total. The van der Waals surface area contributed by atoms with Crippen LogP contribution in [0, 0.1) is 5.92 Å². The van der Waals surface area contributed by atoms with Crippen LogP contribution in [0.25, 0.3) is 0 Å². The standard InChI is InChI=1S/C10H8O3/c11-10(12)8-7-5-3-1-2-4-6(5)13-9(7)8/h1-4,7-9H,(H,11,12)/t7-,8?,9?/m0/s1. The Balaban J connectivity index is 1.99. The fourth-order valence-electron chi connectivity index (χ4n) is 2.10. The van der Waals surface area contributed by atoms with Crippen molar-refractivity contribution in [2.45, 2.75) is 12.0 Å². The Labute approximate surface area is 74.9 Å². The van der Waals surface area contributed by atoms with Crippen LogP contribution in [0.15, 0.2) is 24.3 Å². The van der Waals surface area contributed by atoms with Crippen LogP contribution in [0.5, 0.6) is 5.75 Å². The van der Waals surface area contributed by atoms with Gasteiger partial charge in [-0.3, -0.25) is 4.79 Å². The van der Waals surface area contributed by atoms with Crippen molar-refractivity contribution in [1.29, 1.82) is 0 Å². The molecule has 1 saturated carbocycles. The number of para-hydroxylation sites is 1. The van der Waals surface area contributed by atoms with Gasteiger partial charge in [0.15, 0.2) is 0 Å². The van der Waals surface area contributed by atoms with Gasteiger partial charge in [0.05, 0.1) is 0 Å². The Morgan fingerprint density at radius 1 is 1.38 bits per heavy atom. The fraction of sp³-hybridized carbons (Fsp3) is 0.300. The van der Waals surface area contributed by atoms with E-state index in [9.17, 15) is 4.79 Å². The van der Waals surface area contributed by atoms with E-state index in [0.717, 1.165) is 11.3 Å². The van der Waals surface area contributed by atoms with Crippen molar-refractivity contribution >= 4 is 5.97 Å². The summed E-state index contributed by atoms with van der Waals surface area (Å²) in [7, 11) is 0. The predicted molar refractivity (Wildman–Crippen MR) is 44.7 cm³/mol. The molecule has 2 unspecified atom stereocenters. The first-order valence-corrected chi connectivity index (χ1v) is 4.27. The molecule has 3 rings (SSSR count). The minimum atomic E-state index is -0.746. The zero-order valence-corrected chi connectivity index (χ0v) is 6.81. The lowest BCUT2D eigenvalue weighted by Crippen LogP contribution is -2.08. The van der Waals surface area contributed by atoms with Crippen LogP contribution in [0.2, 0.25) is 0 Å². The van der Waals surface area contributed by atoms with Gasteiger partial charge in [-0.2, -0.15) is 0 Å². The van der Waals surface area contributed by atoms with Crippen molar-refractivity contribution in [2.75, 3.05) is 0 Å². The summed E-state index contributed by atoms with van der Waals surface area (Å²) in [6.07, 6.45) is -0.102. The summed E-state index contributed by atoms with van der Waals surface area (Å²) in [5.74, 6) is -0.0943. The van der Waals surface area contributed by atoms with Crippen molar-refractivity contribution < 1.29 is 14.6 Å². The summed E-state index contributed by atoms with van der Waals surface area (Å²) in [5.41, 5.74) is 1.06. The molecular formula is C10H8O3. The molecule has 0 amide bonds. The first-order valence-electron chi connectivity index (χ1n) is 4.27. The number of hydrogen-bond donors (Lipinski definition) is 1. The van der Waals surface area contributed by atoms with Gasteiger partial charge in [0.1, 0.15) is 17.8 Å². The second-order valence-corrected chi connectivity index (χ2v) is 3.51. The Morgan fingerprint density at radius 3 is 2.92 bits per heavy atom. The van der Waals surface area contributed by atoms with Crippen LogP contribution in [0.3, 0.4) is 0 Å². The highest BCUT2D eigenvalue weighted by Gasteiger charge is 2.62. The van der Waals surface area contributed by atoms with Gasteiger partial charge in [0, 0.05) is 11.5 Å². The number of carboxylic acid groups (broad SMARTS) is 1. The molecule has 0 bridgehead atoms. The van der Waals surface area contributed by atoms with Crippen LogP contribution in [0.1, 0.15) is 11.5 Å². The minimum Gasteiger partial charge on any atom is -0.489 e. The van der Waals surface area contributed by atoms with Crippen LogP contribution in [0.4, 0.5) is 0 Å². The lowest BCUT2D eigenvalue weighted by atomic mass is 10.1. The van der Waals surface area contributed by atoms with Crippen LogP contribution >= 0.6 is 0 Å². The number of rotatable bonds is 1. The van der Waals surface area contributed by atoms with Gasteiger partial charge in [-0.05, 0) is 6.07 Å². The summed E-state index contributed by atoms with van der Waals surface area (Å²) in [6.45, 7) is 0. The molecule has 1 fully saturated rings. The average molecular weight is 176 g/mol. The summed E-state index contributed by atoms with van der Waals surface area (Å²) in [4.78, 5) is 10.7. The molecule has 0 saturated heterocycles. The number of ether oxygens (including phenoxy) is 1. The number of carbonyl (C=O) groups is 1. The third-order valence-corrected chi connectivity index (χ3v) is 2.78. The summed E-state index contributed by atoms with van der Waals surface area (Å²) < 4.78 is 5.47. The Bertz CT molecular complexity index is 386. The van der Waals surface area contributed by atoms with Crippen molar-refractivity contribution in [1.82, 2.24) is 0 Å². The SMILES string of the molecule is O=C(O)C1C2Oc3ccccc3[C@H]21. The highest BCUT2D eigenvalue weighted by molar-refractivity contribution is 5.78. The molecule has 1 aromatic carbocycles. The van der Waals surface area contributed by atoms with Crippen molar-refractivity contribution in [2.24, 2.45) is 5.92 Å². The Hall–Kier alpha value is -1.51. The molecule has 1 aliphatic carbocycles. The van der Waals surface area contributed by atoms with E-state index in [4.69, 9.17) is 9.84 Å². The minimum absolute atomic E-state index is 0.102. The summed E-state index contributed by atoms with van der Waals surface area (Å²) in [6, 6.07) is 7.66. The van der Waals surface area contributed by atoms with E-state index >= 15 is 0 Å². The molecular weight excluding hydrogens is 168 g/mol. The van der Waals surface area contributed by atoms with E-state index in [1.54, 1.807) is 0 Å². The molecule has 3 atom stereocenters. The zero-order valence-electron chi connectivity index (χ0n) is 6.81. The highest BCUT2D eigenvalue weighted by Crippen LogP contribution is 2.58. The second-order valence-electron chi connectivity index (χ2n) is 3.51. The monoisotopic (exact) mass is 176 g/mol. The van der Waals surface area contributed by atoms with Gasteiger partial charge < -0.3 is 9.84 Å². The molecule has 3 heteroatoms. The normalized spacial score (nSPS) is 33.1. The summed E-state index contributed by atoms with van der Waals surface area (Å²) in [5, 5.41) is 8.80. The Kier molecular flexibility index (Phi) is 1.09. The molecule has 0 aromatic heterocycles. The first kappa shape index (κ1) is 6.95. The van der Waals surface area contributed by atoms with Crippen molar-refractivity contribution in [3.8, 4) is 5.75 Å². The molecule has 1 heterocycles. The topological polar surface area (TPSA) is 46.5 Å². The van der Waals surface area contributed by atoms with E-state index in [0.29, 0.717) is 0 Å². The van der Waals surface area contributed by atoms with E-state index in [2.05, 4.69) is 0 Å². The molecule has 2 aliphatic rings. The van der Waals surface area contributed by atoms with E-state index in [1.165, 1.54) is 0 Å². The maximum absolute atomic E-state index is 10.7. The van der Waals surface area contributed by atoms with Crippen LogP contribution in [-0.4, -0.2) is 17.2 Å². The van der Waals surface area contributed by atoms with Gasteiger partial charge in [-0.1, -0.05) is 18.2 Å². The maximum Gasteiger partial charge on any atom is 0.311 e. The van der Waals surface area contributed by atoms with Crippen LogP contribution in [-0.2, 0) is 4.79 Å². The van der Waals surface area contributed by atoms with E-state index < -0.39 is 5.97 Å². The van der Waals surface area contributed by atoms with Crippen molar-refractivity contribution in [3.05, 3.63) is 29.8 Å². The largest absolute Gasteiger partial charge is 0.489 e. The van der Waals surface area contributed by atoms with Gasteiger partial charge in [0.2, 0.25) is 0 Å². The smallest absolute Gasteiger partial charge is 0.311 e. The molecule has 13 heavy (non-hydrogen) atoms. The predicted octanol–water partition coefficient (Wildman–Crippen LogP) is 1.25.